The minimum atomic E-state index is 0.245. The molecule has 0 spiro atoms. The number of aromatic nitrogens is 3. The van der Waals surface area contributed by atoms with Gasteiger partial charge in [-0.05, 0) is 68.1 Å². The molecule has 1 unspecified atom stereocenters. The zero-order valence-corrected chi connectivity index (χ0v) is 12.5. The van der Waals surface area contributed by atoms with Crippen molar-refractivity contribution in [2.75, 3.05) is 0 Å². The Morgan fingerprint density at radius 2 is 1.85 bits per heavy atom. The average Bonchev–Trinajstić information content (AvgIpc) is 2.72. The van der Waals surface area contributed by atoms with E-state index in [9.17, 15) is 0 Å². The Hall–Kier alpha value is -0.900. The molecule has 4 saturated carbocycles. The Balaban J connectivity index is 1.44. The monoisotopic (exact) mass is 274 g/mol. The summed E-state index contributed by atoms with van der Waals surface area (Å²) < 4.78 is 1.86. The predicted octanol–water partition coefficient (Wildman–Crippen LogP) is 2.29. The summed E-state index contributed by atoms with van der Waals surface area (Å²) in [5.74, 6) is 4.08. The highest BCUT2D eigenvalue weighted by Gasteiger charge is 2.50. The zero-order valence-electron chi connectivity index (χ0n) is 12.5. The number of hydrogen-bond donors (Lipinski definition) is 1. The number of hydrogen-bond acceptors (Lipinski definition) is 3. The van der Waals surface area contributed by atoms with Crippen LogP contribution in [0.1, 0.15) is 50.8 Å². The Kier molecular flexibility index (Phi) is 2.92. The highest BCUT2D eigenvalue weighted by Crippen LogP contribution is 2.61. The lowest BCUT2D eigenvalue weighted by atomic mass is 9.48. The summed E-state index contributed by atoms with van der Waals surface area (Å²) in [6.45, 7) is 0. The normalized spacial score (nSPS) is 40.2. The lowest BCUT2D eigenvalue weighted by molar-refractivity contribution is -0.0603. The van der Waals surface area contributed by atoms with Gasteiger partial charge >= 0.3 is 0 Å². The van der Waals surface area contributed by atoms with E-state index in [0.717, 1.165) is 30.0 Å². The molecule has 0 saturated heterocycles. The summed E-state index contributed by atoms with van der Waals surface area (Å²) in [6.07, 6.45) is 12.6. The molecular formula is C16H26N4. The van der Waals surface area contributed by atoms with Gasteiger partial charge in [-0.25, -0.2) is 4.98 Å². The van der Waals surface area contributed by atoms with Gasteiger partial charge in [-0.1, -0.05) is 0 Å². The second kappa shape index (κ2) is 4.55. The molecule has 4 aliphatic carbocycles. The highest BCUT2D eigenvalue weighted by atomic mass is 15.3. The van der Waals surface area contributed by atoms with Crippen molar-refractivity contribution in [3.63, 3.8) is 0 Å². The summed E-state index contributed by atoms with van der Waals surface area (Å²) >= 11 is 0. The topological polar surface area (TPSA) is 56.7 Å². The Morgan fingerprint density at radius 1 is 1.25 bits per heavy atom. The summed E-state index contributed by atoms with van der Waals surface area (Å²) in [4.78, 5) is 4.32. The van der Waals surface area contributed by atoms with Crippen LogP contribution in [0.4, 0.5) is 0 Å². The maximum absolute atomic E-state index is 6.47. The van der Waals surface area contributed by atoms with Crippen LogP contribution in [0.15, 0.2) is 6.33 Å². The number of aryl methyl sites for hydroxylation is 1. The van der Waals surface area contributed by atoms with Gasteiger partial charge in [0.15, 0.2) is 0 Å². The van der Waals surface area contributed by atoms with Gasteiger partial charge in [0.1, 0.15) is 12.2 Å². The van der Waals surface area contributed by atoms with Crippen molar-refractivity contribution in [3.05, 3.63) is 12.2 Å². The van der Waals surface area contributed by atoms with Crippen molar-refractivity contribution in [1.29, 1.82) is 0 Å². The molecule has 110 valence electrons. The van der Waals surface area contributed by atoms with Gasteiger partial charge in [-0.15, -0.1) is 0 Å². The highest BCUT2D eigenvalue weighted by molar-refractivity contribution is 5.03. The molecule has 4 heteroatoms. The van der Waals surface area contributed by atoms with Crippen molar-refractivity contribution in [3.8, 4) is 0 Å². The Bertz CT molecular complexity index is 457. The number of nitrogens with two attached hydrogens (primary N) is 1. The van der Waals surface area contributed by atoms with Crippen LogP contribution in [-0.4, -0.2) is 20.8 Å². The van der Waals surface area contributed by atoms with Crippen LogP contribution in [0, 0.1) is 23.2 Å². The van der Waals surface area contributed by atoms with E-state index in [1.807, 2.05) is 11.7 Å². The van der Waals surface area contributed by atoms with Crippen LogP contribution in [0.2, 0.25) is 0 Å². The second-order valence-electron chi connectivity index (χ2n) is 7.89. The van der Waals surface area contributed by atoms with Crippen molar-refractivity contribution >= 4 is 0 Å². The first-order valence-electron chi connectivity index (χ1n) is 8.20. The molecule has 0 radical (unpaired) electrons. The van der Waals surface area contributed by atoms with Crippen molar-refractivity contribution in [2.24, 2.45) is 36.0 Å². The fourth-order valence-corrected chi connectivity index (χ4v) is 5.91. The summed E-state index contributed by atoms with van der Waals surface area (Å²) in [7, 11) is 1.96. The molecule has 4 fully saturated rings. The predicted molar refractivity (Wildman–Crippen MR) is 77.9 cm³/mol. The SMILES string of the molecule is Cn1ncnc1CC(N)CC12CC3CC(CC(C3)C1)C2. The fourth-order valence-electron chi connectivity index (χ4n) is 5.91. The third kappa shape index (κ3) is 2.18. The molecule has 4 nitrogen and oxygen atoms in total. The molecule has 1 aromatic heterocycles. The van der Waals surface area contributed by atoms with Gasteiger partial charge < -0.3 is 5.73 Å². The Morgan fingerprint density at radius 3 is 2.35 bits per heavy atom. The molecule has 4 aliphatic rings. The standard InChI is InChI=1S/C16H26N4/c1-20-15(18-10-19-20)5-14(17)9-16-6-11-2-12(7-16)4-13(3-11)8-16/h10-14H,2-9,17H2,1H3. The minimum absolute atomic E-state index is 0.245. The van der Waals surface area contributed by atoms with Crippen LogP contribution in [0.25, 0.3) is 0 Å². The van der Waals surface area contributed by atoms with Gasteiger partial charge in [0, 0.05) is 19.5 Å². The summed E-state index contributed by atoms with van der Waals surface area (Å²) in [5.41, 5.74) is 7.05. The van der Waals surface area contributed by atoms with Crippen LogP contribution in [0.5, 0.6) is 0 Å². The molecule has 4 bridgehead atoms. The quantitative estimate of drug-likeness (QED) is 0.916. The third-order valence-electron chi connectivity index (χ3n) is 6.11. The first-order chi connectivity index (χ1) is 9.62. The smallest absolute Gasteiger partial charge is 0.138 e. The second-order valence-corrected chi connectivity index (χ2v) is 7.89. The van der Waals surface area contributed by atoms with E-state index in [0.29, 0.717) is 5.41 Å². The maximum Gasteiger partial charge on any atom is 0.138 e. The lowest BCUT2D eigenvalue weighted by Crippen LogP contribution is -2.48. The molecule has 1 heterocycles. The zero-order chi connectivity index (χ0) is 13.7. The van der Waals surface area contributed by atoms with Crippen LogP contribution >= 0.6 is 0 Å². The van der Waals surface area contributed by atoms with E-state index in [4.69, 9.17) is 5.73 Å². The van der Waals surface area contributed by atoms with Crippen LogP contribution in [-0.2, 0) is 13.5 Å². The van der Waals surface area contributed by atoms with Crippen LogP contribution in [0.3, 0.4) is 0 Å². The molecule has 1 atom stereocenters. The molecule has 0 aromatic carbocycles. The average molecular weight is 274 g/mol. The maximum atomic E-state index is 6.47. The van der Waals surface area contributed by atoms with Crippen LogP contribution < -0.4 is 5.73 Å². The van der Waals surface area contributed by atoms with Gasteiger partial charge in [-0.2, -0.15) is 5.10 Å². The van der Waals surface area contributed by atoms with Gasteiger partial charge in [0.05, 0.1) is 0 Å². The van der Waals surface area contributed by atoms with E-state index in [1.165, 1.54) is 44.9 Å². The molecule has 5 rings (SSSR count). The van der Waals surface area contributed by atoms with Gasteiger partial charge in [0.2, 0.25) is 0 Å². The van der Waals surface area contributed by atoms with E-state index in [1.54, 1.807) is 6.33 Å². The van der Waals surface area contributed by atoms with Crippen molar-refractivity contribution in [2.45, 2.75) is 57.4 Å². The van der Waals surface area contributed by atoms with Gasteiger partial charge in [-0.3, -0.25) is 4.68 Å². The third-order valence-corrected chi connectivity index (χ3v) is 6.11. The van der Waals surface area contributed by atoms with Crippen molar-refractivity contribution < 1.29 is 0 Å². The largest absolute Gasteiger partial charge is 0.327 e. The summed E-state index contributed by atoms with van der Waals surface area (Å²) in [5, 5.41) is 4.15. The van der Waals surface area contributed by atoms with E-state index in [-0.39, 0.29) is 6.04 Å². The fraction of sp³-hybridized carbons (Fsp3) is 0.875. The molecule has 0 aliphatic heterocycles. The van der Waals surface area contributed by atoms with E-state index < -0.39 is 0 Å². The Labute approximate surface area is 121 Å². The number of nitrogens with zero attached hydrogens (tertiary/aromatic N) is 3. The molecule has 1 aromatic rings. The summed E-state index contributed by atoms with van der Waals surface area (Å²) in [6, 6.07) is 0.245. The molecule has 0 amide bonds. The molecule has 20 heavy (non-hydrogen) atoms. The van der Waals surface area contributed by atoms with E-state index >= 15 is 0 Å². The molecule has 2 N–H and O–H groups in total. The minimum Gasteiger partial charge on any atom is -0.327 e. The first kappa shape index (κ1) is 12.8. The first-order valence-corrected chi connectivity index (χ1v) is 8.20. The van der Waals surface area contributed by atoms with Crippen molar-refractivity contribution in [1.82, 2.24) is 14.8 Å². The van der Waals surface area contributed by atoms with E-state index in [2.05, 4.69) is 10.1 Å². The lowest BCUT2D eigenvalue weighted by Gasteiger charge is -2.57. The number of rotatable bonds is 4. The van der Waals surface area contributed by atoms with Gasteiger partial charge in [0.25, 0.3) is 0 Å². The molecular weight excluding hydrogens is 248 g/mol.